The van der Waals surface area contributed by atoms with Crippen LogP contribution in [0.1, 0.15) is 68.9 Å². The first kappa shape index (κ1) is 24.8. The molecule has 1 saturated heterocycles. The second kappa shape index (κ2) is 14.4. The summed E-state index contributed by atoms with van der Waals surface area (Å²) in [6, 6.07) is 6.40. The number of unbranched alkanes of at least 4 members (excludes halogenated alkanes) is 2. The number of nitrogens with zero attached hydrogens (tertiary/aromatic N) is 1. The van der Waals surface area contributed by atoms with Crippen LogP contribution in [0.25, 0.3) is 0 Å². The van der Waals surface area contributed by atoms with Crippen LogP contribution in [0.15, 0.2) is 23.2 Å². The molecule has 1 saturated carbocycles. The molecular formula is C26H43N3O3. The Morgan fingerprint density at radius 3 is 2.75 bits per heavy atom. The molecule has 1 aromatic rings. The summed E-state index contributed by atoms with van der Waals surface area (Å²) in [5, 5.41) is 6.86. The lowest BCUT2D eigenvalue weighted by Crippen LogP contribution is -2.37. The summed E-state index contributed by atoms with van der Waals surface area (Å²) in [6.07, 6.45) is 11.6. The van der Waals surface area contributed by atoms with Crippen molar-refractivity contribution in [3.05, 3.63) is 29.3 Å². The van der Waals surface area contributed by atoms with Crippen molar-refractivity contribution in [2.24, 2.45) is 10.9 Å². The van der Waals surface area contributed by atoms with E-state index in [1.807, 2.05) is 7.05 Å². The summed E-state index contributed by atoms with van der Waals surface area (Å²) >= 11 is 0. The van der Waals surface area contributed by atoms with Crippen molar-refractivity contribution in [3.8, 4) is 5.75 Å². The Balaban J connectivity index is 1.31. The molecule has 6 heteroatoms. The molecule has 0 spiro atoms. The number of hydrogen-bond acceptors (Lipinski definition) is 4. The van der Waals surface area contributed by atoms with Crippen molar-refractivity contribution in [1.82, 2.24) is 10.6 Å². The molecule has 3 rings (SSSR count). The normalized spacial score (nSPS) is 19.8. The molecule has 2 N–H and O–H groups in total. The van der Waals surface area contributed by atoms with Crippen molar-refractivity contribution in [2.45, 2.75) is 77.4 Å². The molecule has 1 aliphatic carbocycles. The van der Waals surface area contributed by atoms with Gasteiger partial charge in [0.2, 0.25) is 0 Å². The number of aryl methyl sites for hydroxylation is 1. The van der Waals surface area contributed by atoms with E-state index in [1.54, 1.807) is 0 Å². The molecule has 1 aromatic carbocycles. The largest absolute Gasteiger partial charge is 0.493 e. The topological polar surface area (TPSA) is 64.1 Å². The average molecular weight is 446 g/mol. The van der Waals surface area contributed by atoms with Crippen molar-refractivity contribution >= 4 is 5.96 Å². The summed E-state index contributed by atoms with van der Waals surface area (Å²) in [5.74, 6) is 2.29. The number of rotatable bonds is 12. The summed E-state index contributed by atoms with van der Waals surface area (Å²) in [7, 11) is 1.82. The van der Waals surface area contributed by atoms with Gasteiger partial charge in [-0.05, 0) is 57.1 Å². The van der Waals surface area contributed by atoms with E-state index in [0.717, 1.165) is 62.9 Å². The van der Waals surface area contributed by atoms with Crippen molar-refractivity contribution in [2.75, 3.05) is 40.0 Å². The summed E-state index contributed by atoms with van der Waals surface area (Å²) < 4.78 is 17.6. The van der Waals surface area contributed by atoms with Gasteiger partial charge in [-0.3, -0.25) is 4.99 Å². The Morgan fingerprint density at radius 2 is 1.97 bits per heavy atom. The second-order valence-corrected chi connectivity index (χ2v) is 9.20. The van der Waals surface area contributed by atoms with Crippen LogP contribution in [-0.4, -0.2) is 52.1 Å². The second-order valence-electron chi connectivity index (χ2n) is 9.20. The molecule has 0 amide bonds. The van der Waals surface area contributed by atoms with Gasteiger partial charge >= 0.3 is 0 Å². The van der Waals surface area contributed by atoms with Gasteiger partial charge in [-0.25, -0.2) is 0 Å². The highest BCUT2D eigenvalue weighted by Crippen LogP contribution is 2.23. The lowest BCUT2D eigenvalue weighted by Gasteiger charge is -2.21. The summed E-state index contributed by atoms with van der Waals surface area (Å²) in [6.45, 7) is 6.99. The molecular weight excluding hydrogens is 402 g/mol. The molecule has 1 atom stereocenters. The predicted molar refractivity (Wildman–Crippen MR) is 130 cm³/mol. The predicted octanol–water partition coefficient (Wildman–Crippen LogP) is 4.59. The highest BCUT2D eigenvalue weighted by Gasteiger charge is 2.17. The third kappa shape index (κ3) is 8.99. The van der Waals surface area contributed by atoms with Gasteiger partial charge in [0.1, 0.15) is 5.75 Å². The van der Waals surface area contributed by atoms with Gasteiger partial charge in [-0.1, -0.05) is 31.4 Å². The first-order valence-electron chi connectivity index (χ1n) is 12.6. The van der Waals surface area contributed by atoms with E-state index in [2.05, 4.69) is 40.7 Å². The van der Waals surface area contributed by atoms with E-state index in [4.69, 9.17) is 14.2 Å². The van der Waals surface area contributed by atoms with Gasteiger partial charge in [0, 0.05) is 44.8 Å². The zero-order valence-electron chi connectivity index (χ0n) is 20.2. The van der Waals surface area contributed by atoms with E-state index >= 15 is 0 Å². The average Bonchev–Trinajstić information content (AvgIpc) is 3.34. The van der Waals surface area contributed by atoms with Crippen LogP contribution in [0.5, 0.6) is 5.75 Å². The van der Waals surface area contributed by atoms with Crippen LogP contribution < -0.4 is 15.4 Å². The van der Waals surface area contributed by atoms with Gasteiger partial charge in [0.05, 0.1) is 19.3 Å². The van der Waals surface area contributed by atoms with Crippen LogP contribution in [0.4, 0.5) is 0 Å². The molecule has 1 aliphatic heterocycles. The van der Waals surface area contributed by atoms with Crippen LogP contribution in [0, 0.1) is 12.8 Å². The molecule has 1 unspecified atom stereocenters. The molecule has 1 heterocycles. The smallest absolute Gasteiger partial charge is 0.191 e. The van der Waals surface area contributed by atoms with Crippen LogP contribution in [-0.2, 0) is 16.0 Å². The molecule has 0 aromatic heterocycles. The van der Waals surface area contributed by atoms with Gasteiger partial charge in [-0.2, -0.15) is 0 Å². The maximum Gasteiger partial charge on any atom is 0.191 e. The zero-order chi connectivity index (χ0) is 22.4. The fourth-order valence-corrected chi connectivity index (χ4v) is 4.36. The van der Waals surface area contributed by atoms with E-state index in [1.165, 1.54) is 44.1 Å². The van der Waals surface area contributed by atoms with Crippen molar-refractivity contribution in [3.63, 3.8) is 0 Å². The first-order valence-corrected chi connectivity index (χ1v) is 12.6. The molecule has 180 valence electrons. The third-order valence-electron chi connectivity index (χ3n) is 6.41. The lowest BCUT2D eigenvalue weighted by molar-refractivity contribution is 0.0264. The Morgan fingerprint density at radius 1 is 1.09 bits per heavy atom. The number of guanidine groups is 1. The number of aliphatic imine (C=N–C) groups is 1. The highest BCUT2D eigenvalue weighted by molar-refractivity contribution is 5.79. The van der Waals surface area contributed by atoms with E-state index < -0.39 is 0 Å². The molecule has 0 bridgehead atoms. The zero-order valence-corrected chi connectivity index (χ0v) is 20.2. The van der Waals surface area contributed by atoms with Gasteiger partial charge in [-0.15, -0.1) is 0 Å². The monoisotopic (exact) mass is 445 g/mol. The first-order chi connectivity index (χ1) is 15.7. The minimum absolute atomic E-state index is 0.499. The Bertz CT molecular complexity index is 683. The molecule has 32 heavy (non-hydrogen) atoms. The van der Waals surface area contributed by atoms with Crippen LogP contribution in [0.3, 0.4) is 0 Å². The van der Waals surface area contributed by atoms with Crippen molar-refractivity contribution < 1.29 is 14.2 Å². The van der Waals surface area contributed by atoms with Gasteiger partial charge in [0.25, 0.3) is 0 Å². The maximum absolute atomic E-state index is 6.16. The minimum atomic E-state index is 0.499. The number of benzene rings is 1. The SMILES string of the molecule is CN=C(NCCCCCOC1CCCCC1)NCc1ccc(C)cc1OCC1CCOC1. The fourth-order valence-electron chi connectivity index (χ4n) is 4.36. The summed E-state index contributed by atoms with van der Waals surface area (Å²) in [5.41, 5.74) is 2.36. The van der Waals surface area contributed by atoms with Gasteiger partial charge in [0.15, 0.2) is 5.96 Å². The Hall–Kier alpha value is -1.79. The maximum atomic E-state index is 6.16. The number of hydrogen-bond donors (Lipinski definition) is 2. The minimum Gasteiger partial charge on any atom is -0.493 e. The molecule has 6 nitrogen and oxygen atoms in total. The molecule has 2 fully saturated rings. The highest BCUT2D eigenvalue weighted by atomic mass is 16.5. The molecule has 2 aliphatic rings. The standard InChI is InChI=1S/C26H43N3O3/c1-21-11-12-23(25(17-21)32-20-22-13-16-30-19-22)18-29-26(27-2)28-14-7-4-8-15-31-24-9-5-3-6-10-24/h11-12,17,22,24H,3-10,13-16,18-20H2,1-2H3,(H2,27,28,29). The van der Waals surface area contributed by atoms with Crippen LogP contribution >= 0.6 is 0 Å². The summed E-state index contributed by atoms with van der Waals surface area (Å²) in [4.78, 5) is 4.37. The third-order valence-corrected chi connectivity index (χ3v) is 6.41. The Kier molecular flexibility index (Phi) is 11.2. The van der Waals surface area contributed by atoms with E-state index in [-0.39, 0.29) is 0 Å². The Labute approximate surface area is 194 Å². The van der Waals surface area contributed by atoms with Crippen LogP contribution in [0.2, 0.25) is 0 Å². The van der Waals surface area contributed by atoms with E-state index in [9.17, 15) is 0 Å². The molecule has 0 radical (unpaired) electrons. The lowest BCUT2D eigenvalue weighted by atomic mass is 9.98. The number of nitrogens with one attached hydrogen (secondary N) is 2. The van der Waals surface area contributed by atoms with E-state index in [0.29, 0.717) is 25.2 Å². The quantitative estimate of drug-likeness (QED) is 0.280. The van der Waals surface area contributed by atoms with Gasteiger partial charge < -0.3 is 24.8 Å². The number of ether oxygens (including phenoxy) is 3. The fraction of sp³-hybridized carbons (Fsp3) is 0.731. The van der Waals surface area contributed by atoms with Crippen molar-refractivity contribution in [1.29, 1.82) is 0 Å².